The summed E-state index contributed by atoms with van der Waals surface area (Å²) in [5, 5.41) is 21.1. The third kappa shape index (κ3) is 7.27. The summed E-state index contributed by atoms with van der Waals surface area (Å²) in [6.45, 7) is 1.42. The van der Waals surface area contributed by atoms with E-state index >= 15 is 0 Å². The standard InChI is InChI=1S/C21H18ClN5O5S2/c1-12(28)23-13-2-4-14(5-3-13)24-19(29)11-33-9-15-10-34-21(25-15)26-20(30)17-8-16(27(31)32)6-7-18(17)22/h2-8,10H,9,11H2,1H3,(H,23,28)(H,24,29)(H,25,26,30). The van der Waals surface area contributed by atoms with Gasteiger partial charge < -0.3 is 10.6 Å². The predicted octanol–water partition coefficient (Wildman–Crippen LogP) is 4.79. The average Bonchev–Trinajstić information content (AvgIpc) is 3.22. The highest BCUT2D eigenvalue weighted by Gasteiger charge is 2.17. The van der Waals surface area contributed by atoms with Gasteiger partial charge in [0.2, 0.25) is 11.8 Å². The number of carbonyl (C=O) groups is 3. The van der Waals surface area contributed by atoms with Gasteiger partial charge in [-0.1, -0.05) is 11.6 Å². The lowest BCUT2D eigenvalue weighted by atomic mass is 10.2. The van der Waals surface area contributed by atoms with Crippen LogP contribution in [0.15, 0.2) is 47.8 Å². The fourth-order valence-corrected chi connectivity index (χ4v) is 4.41. The van der Waals surface area contributed by atoms with Crippen LogP contribution in [0.4, 0.5) is 22.2 Å². The summed E-state index contributed by atoms with van der Waals surface area (Å²) < 4.78 is 0. The van der Waals surface area contributed by atoms with Crippen LogP contribution in [-0.4, -0.2) is 33.4 Å². The largest absolute Gasteiger partial charge is 0.326 e. The summed E-state index contributed by atoms with van der Waals surface area (Å²) in [4.78, 5) is 50.2. The molecule has 0 unspecified atom stereocenters. The molecule has 10 nitrogen and oxygen atoms in total. The third-order valence-electron chi connectivity index (χ3n) is 4.15. The van der Waals surface area contributed by atoms with E-state index in [2.05, 4.69) is 20.9 Å². The van der Waals surface area contributed by atoms with Crippen molar-refractivity contribution in [3.63, 3.8) is 0 Å². The number of thioether (sulfide) groups is 1. The summed E-state index contributed by atoms with van der Waals surface area (Å²) in [5.74, 6) is -0.340. The van der Waals surface area contributed by atoms with Gasteiger partial charge in [-0.15, -0.1) is 23.1 Å². The number of anilines is 3. The first-order valence-corrected chi connectivity index (χ1v) is 12.1. The lowest BCUT2D eigenvalue weighted by Gasteiger charge is -2.06. The van der Waals surface area contributed by atoms with Crippen molar-refractivity contribution in [3.05, 3.63) is 74.2 Å². The van der Waals surface area contributed by atoms with Crippen LogP contribution < -0.4 is 16.0 Å². The minimum absolute atomic E-state index is 0.0243. The zero-order valence-corrected chi connectivity index (χ0v) is 20.1. The molecule has 3 N–H and O–H groups in total. The van der Waals surface area contributed by atoms with E-state index in [0.29, 0.717) is 28.0 Å². The fraction of sp³-hybridized carbons (Fsp3) is 0.143. The molecule has 3 aromatic rings. The molecular weight excluding hydrogens is 502 g/mol. The molecular formula is C21H18ClN5O5S2. The Hall–Kier alpha value is -3.48. The molecule has 3 amide bonds. The van der Waals surface area contributed by atoms with Crippen molar-refractivity contribution in [2.75, 3.05) is 21.7 Å². The fourth-order valence-electron chi connectivity index (χ4n) is 2.68. The maximum Gasteiger partial charge on any atom is 0.270 e. The van der Waals surface area contributed by atoms with Crippen molar-refractivity contribution < 1.29 is 19.3 Å². The first kappa shape index (κ1) is 25.1. The molecule has 0 aliphatic carbocycles. The zero-order valence-electron chi connectivity index (χ0n) is 17.7. The Morgan fingerprint density at radius 2 is 1.76 bits per heavy atom. The highest BCUT2D eigenvalue weighted by molar-refractivity contribution is 7.99. The number of non-ortho nitro benzene ring substituents is 1. The number of nitro groups is 1. The first-order valence-electron chi connectivity index (χ1n) is 9.66. The second-order valence-electron chi connectivity index (χ2n) is 6.82. The number of thiazole rings is 1. The van der Waals surface area contributed by atoms with Crippen molar-refractivity contribution in [2.45, 2.75) is 12.7 Å². The van der Waals surface area contributed by atoms with Crippen molar-refractivity contribution in [2.24, 2.45) is 0 Å². The summed E-state index contributed by atoms with van der Waals surface area (Å²) in [6.07, 6.45) is 0. The van der Waals surface area contributed by atoms with Gasteiger partial charge in [-0.2, -0.15) is 0 Å². The van der Waals surface area contributed by atoms with Gasteiger partial charge in [-0.3, -0.25) is 29.8 Å². The summed E-state index contributed by atoms with van der Waals surface area (Å²) >= 11 is 8.53. The monoisotopic (exact) mass is 519 g/mol. The minimum atomic E-state index is -0.608. The van der Waals surface area contributed by atoms with Gasteiger partial charge in [0, 0.05) is 41.6 Å². The van der Waals surface area contributed by atoms with E-state index in [4.69, 9.17) is 11.6 Å². The second-order valence-corrected chi connectivity index (χ2v) is 9.07. The smallest absolute Gasteiger partial charge is 0.270 e. The first-order chi connectivity index (χ1) is 16.2. The van der Waals surface area contributed by atoms with Crippen molar-refractivity contribution in [1.82, 2.24) is 4.98 Å². The number of amides is 3. The number of nitrogens with one attached hydrogen (secondary N) is 3. The Balaban J connectivity index is 1.47. The van der Waals surface area contributed by atoms with Crippen LogP contribution in [-0.2, 0) is 15.3 Å². The predicted molar refractivity (Wildman–Crippen MR) is 134 cm³/mol. The number of nitrogens with zero attached hydrogens (tertiary/aromatic N) is 2. The van der Waals surface area contributed by atoms with E-state index in [1.54, 1.807) is 29.6 Å². The molecule has 0 aliphatic rings. The Labute approximate surface area is 207 Å². The number of nitro benzene ring substituents is 1. The van der Waals surface area contributed by atoms with Crippen LogP contribution >= 0.6 is 34.7 Å². The van der Waals surface area contributed by atoms with E-state index in [1.165, 1.54) is 42.2 Å². The highest BCUT2D eigenvalue weighted by atomic mass is 35.5. The number of hydrogen-bond donors (Lipinski definition) is 3. The van der Waals surface area contributed by atoms with Gasteiger partial charge in [-0.25, -0.2) is 4.98 Å². The average molecular weight is 520 g/mol. The quantitative estimate of drug-likeness (QED) is 0.272. The lowest BCUT2D eigenvalue weighted by Crippen LogP contribution is -2.14. The Bertz CT molecular complexity index is 1230. The summed E-state index contributed by atoms with van der Waals surface area (Å²) in [6, 6.07) is 10.4. The van der Waals surface area contributed by atoms with E-state index in [0.717, 1.165) is 6.07 Å². The molecule has 0 saturated carbocycles. The Morgan fingerprint density at radius 1 is 1.09 bits per heavy atom. The van der Waals surface area contributed by atoms with Gasteiger partial charge in [0.1, 0.15) is 0 Å². The normalized spacial score (nSPS) is 10.4. The zero-order chi connectivity index (χ0) is 24.7. The molecule has 0 bridgehead atoms. The van der Waals surface area contributed by atoms with Gasteiger partial charge >= 0.3 is 0 Å². The van der Waals surface area contributed by atoms with Gasteiger partial charge in [-0.05, 0) is 30.3 Å². The van der Waals surface area contributed by atoms with Crippen LogP contribution in [0, 0.1) is 10.1 Å². The molecule has 176 valence electrons. The van der Waals surface area contributed by atoms with E-state index < -0.39 is 10.8 Å². The summed E-state index contributed by atoms with van der Waals surface area (Å²) in [5.41, 5.74) is 1.65. The van der Waals surface area contributed by atoms with Crippen molar-refractivity contribution in [3.8, 4) is 0 Å². The highest BCUT2D eigenvalue weighted by Crippen LogP contribution is 2.25. The SMILES string of the molecule is CC(=O)Nc1ccc(NC(=O)CSCc2csc(NC(=O)c3cc([N+](=O)[O-])ccc3Cl)n2)cc1. The van der Waals surface area contributed by atoms with E-state index in [-0.39, 0.29) is 33.8 Å². The van der Waals surface area contributed by atoms with Crippen LogP contribution in [0.2, 0.25) is 5.02 Å². The molecule has 0 fully saturated rings. The molecule has 0 radical (unpaired) electrons. The van der Waals surface area contributed by atoms with E-state index in [1.807, 2.05) is 0 Å². The second kappa shape index (κ2) is 11.6. The molecule has 3 rings (SSSR count). The third-order valence-corrected chi connectivity index (χ3v) is 6.25. The van der Waals surface area contributed by atoms with Crippen LogP contribution in [0.5, 0.6) is 0 Å². The molecule has 0 aliphatic heterocycles. The molecule has 0 saturated heterocycles. The van der Waals surface area contributed by atoms with Crippen LogP contribution in [0.25, 0.3) is 0 Å². The molecule has 34 heavy (non-hydrogen) atoms. The maximum atomic E-state index is 12.4. The van der Waals surface area contributed by atoms with Crippen molar-refractivity contribution >= 4 is 74.6 Å². The molecule has 1 heterocycles. The molecule has 13 heteroatoms. The Morgan fingerprint density at radius 3 is 2.41 bits per heavy atom. The number of hydrogen-bond acceptors (Lipinski definition) is 8. The molecule has 0 spiro atoms. The maximum absolute atomic E-state index is 12.4. The van der Waals surface area contributed by atoms with Gasteiger partial charge in [0.25, 0.3) is 11.6 Å². The molecule has 0 atom stereocenters. The van der Waals surface area contributed by atoms with Crippen molar-refractivity contribution in [1.29, 1.82) is 0 Å². The number of aromatic nitrogens is 1. The van der Waals surface area contributed by atoms with Crippen LogP contribution in [0.1, 0.15) is 23.0 Å². The number of benzene rings is 2. The number of halogens is 1. The molecule has 1 aromatic heterocycles. The van der Waals surface area contributed by atoms with Gasteiger partial charge in [0.15, 0.2) is 5.13 Å². The Kier molecular flexibility index (Phi) is 8.57. The van der Waals surface area contributed by atoms with E-state index in [9.17, 15) is 24.5 Å². The summed E-state index contributed by atoms with van der Waals surface area (Å²) in [7, 11) is 0. The lowest BCUT2D eigenvalue weighted by molar-refractivity contribution is -0.384. The molecule has 2 aromatic carbocycles. The number of rotatable bonds is 9. The van der Waals surface area contributed by atoms with Gasteiger partial charge in [0.05, 0.1) is 27.0 Å². The topological polar surface area (TPSA) is 143 Å². The van der Waals surface area contributed by atoms with Crippen LogP contribution in [0.3, 0.4) is 0 Å². The minimum Gasteiger partial charge on any atom is -0.326 e. The number of carbonyl (C=O) groups excluding carboxylic acids is 3.